The molecule has 1 aliphatic rings. The number of anilines is 1. The van der Waals surface area contributed by atoms with E-state index in [0.29, 0.717) is 23.1 Å². The lowest BCUT2D eigenvalue weighted by molar-refractivity contribution is 0.751. The van der Waals surface area contributed by atoms with Gasteiger partial charge in [-0.3, -0.25) is 0 Å². The fraction of sp³-hybridized carbons (Fsp3) is 0.462. The zero-order valence-electron chi connectivity index (χ0n) is 10.6. The number of aryl methyl sites for hydroxylation is 1. The maximum Gasteiger partial charge on any atom is 0.226 e. The Kier molecular flexibility index (Phi) is 3.03. The van der Waals surface area contributed by atoms with Crippen molar-refractivity contribution < 1.29 is 0 Å². The third kappa shape index (κ3) is 2.13. The molecule has 2 heterocycles. The van der Waals surface area contributed by atoms with Crippen LogP contribution in [0.5, 0.6) is 0 Å². The molecule has 5 nitrogen and oxygen atoms in total. The van der Waals surface area contributed by atoms with Crippen molar-refractivity contribution in [1.82, 2.24) is 14.5 Å². The molecule has 6 heteroatoms. The van der Waals surface area contributed by atoms with E-state index in [1.165, 1.54) is 12.8 Å². The van der Waals surface area contributed by atoms with Crippen LogP contribution in [0.4, 0.5) is 5.82 Å². The SMILES string of the molecule is Cn1cc(C#N)c2c(NC3CCCC3)nc(Cl)nc21. The molecule has 1 aliphatic carbocycles. The number of fused-ring (bicyclic) bond motifs is 1. The molecule has 2 aromatic heterocycles. The van der Waals surface area contributed by atoms with Gasteiger partial charge in [-0.15, -0.1) is 0 Å². The van der Waals surface area contributed by atoms with Gasteiger partial charge in [0, 0.05) is 19.3 Å². The van der Waals surface area contributed by atoms with Crippen molar-refractivity contribution in [2.75, 3.05) is 5.32 Å². The number of aromatic nitrogens is 3. The van der Waals surface area contributed by atoms with Crippen LogP contribution in [0.1, 0.15) is 31.2 Å². The predicted molar refractivity (Wildman–Crippen MR) is 74.1 cm³/mol. The van der Waals surface area contributed by atoms with E-state index in [-0.39, 0.29) is 5.28 Å². The molecule has 0 bridgehead atoms. The quantitative estimate of drug-likeness (QED) is 0.856. The predicted octanol–water partition coefficient (Wildman–Crippen LogP) is 2.85. The summed E-state index contributed by atoms with van der Waals surface area (Å²) < 4.78 is 1.81. The third-order valence-electron chi connectivity index (χ3n) is 3.61. The second kappa shape index (κ2) is 4.71. The first-order valence-corrected chi connectivity index (χ1v) is 6.76. The Balaban J connectivity index is 2.13. The highest BCUT2D eigenvalue weighted by molar-refractivity contribution is 6.28. The van der Waals surface area contributed by atoms with Gasteiger partial charge in [0.15, 0.2) is 0 Å². The highest BCUT2D eigenvalue weighted by Gasteiger charge is 2.20. The van der Waals surface area contributed by atoms with E-state index in [2.05, 4.69) is 21.4 Å². The second-order valence-electron chi connectivity index (χ2n) is 4.93. The van der Waals surface area contributed by atoms with Crippen molar-refractivity contribution in [3.8, 4) is 6.07 Å². The molecular weight excluding hydrogens is 262 g/mol. The fourth-order valence-electron chi connectivity index (χ4n) is 2.70. The number of nitrogens with zero attached hydrogens (tertiary/aromatic N) is 4. The van der Waals surface area contributed by atoms with Crippen molar-refractivity contribution in [3.05, 3.63) is 17.0 Å². The minimum Gasteiger partial charge on any atom is -0.367 e. The molecule has 0 aromatic carbocycles. The Morgan fingerprint density at radius 3 is 2.84 bits per heavy atom. The van der Waals surface area contributed by atoms with Crippen LogP contribution in [0.15, 0.2) is 6.20 Å². The molecule has 1 N–H and O–H groups in total. The maximum absolute atomic E-state index is 9.22. The van der Waals surface area contributed by atoms with Crippen molar-refractivity contribution in [1.29, 1.82) is 5.26 Å². The number of nitrogens with one attached hydrogen (secondary N) is 1. The monoisotopic (exact) mass is 275 g/mol. The highest BCUT2D eigenvalue weighted by atomic mass is 35.5. The van der Waals surface area contributed by atoms with Gasteiger partial charge in [-0.25, -0.2) is 0 Å². The molecule has 0 unspecified atom stereocenters. The zero-order chi connectivity index (χ0) is 13.4. The van der Waals surface area contributed by atoms with E-state index in [1.54, 1.807) is 10.8 Å². The Bertz CT molecular complexity index is 664. The van der Waals surface area contributed by atoms with Gasteiger partial charge in [0.1, 0.15) is 17.5 Å². The van der Waals surface area contributed by atoms with Crippen LogP contribution in [0, 0.1) is 11.3 Å². The summed E-state index contributed by atoms with van der Waals surface area (Å²) >= 11 is 5.98. The molecule has 98 valence electrons. The first-order chi connectivity index (χ1) is 9.19. The van der Waals surface area contributed by atoms with Crippen molar-refractivity contribution >= 4 is 28.5 Å². The minimum atomic E-state index is 0.207. The molecule has 0 atom stereocenters. The molecule has 19 heavy (non-hydrogen) atoms. The summed E-state index contributed by atoms with van der Waals surface area (Å²) in [5.74, 6) is 0.680. The van der Waals surface area contributed by atoms with E-state index in [9.17, 15) is 5.26 Å². The lowest BCUT2D eigenvalue weighted by Gasteiger charge is -2.13. The molecule has 0 saturated heterocycles. The van der Waals surface area contributed by atoms with E-state index in [4.69, 9.17) is 11.6 Å². The van der Waals surface area contributed by atoms with E-state index >= 15 is 0 Å². The highest BCUT2D eigenvalue weighted by Crippen LogP contribution is 2.29. The second-order valence-corrected chi connectivity index (χ2v) is 5.27. The van der Waals surface area contributed by atoms with Gasteiger partial charge in [0.05, 0.1) is 10.9 Å². The Morgan fingerprint density at radius 1 is 1.42 bits per heavy atom. The van der Waals surface area contributed by atoms with Gasteiger partial charge >= 0.3 is 0 Å². The molecule has 0 amide bonds. The molecule has 2 aromatic rings. The van der Waals surface area contributed by atoms with E-state index < -0.39 is 0 Å². The Morgan fingerprint density at radius 2 is 2.16 bits per heavy atom. The van der Waals surface area contributed by atoms with Crippen LogP contribution in [-0.2, 0) is 7.05 Å². The first-order valence-electron chi connectivity index (χ1n) is 6.38. The molecule has 3 rings (SSSR count). The summed E-state index contributed by atoms with van der Waals surface area (Å²) in [5, 5.41) is 13.6. The van der Waals surface area contributed by atoms with Gasteiger partial charge in [-0.2, -0.15) is 15.2 Å². The van der Waals surface area contributed by atoms with Gasteiger partial charge in [0.25, 0.3) is 0 Å². The topological polar surface area (TPSA) is 66.5 Å². The van der Waals surface area contributed by atoms with Crippen LogP contribution in [-0.4, -0.2) is 20.6 Å². The van der Waals surface area contributed by atoms with Gasteiger partial charge in [0.2, 0.25) is 5.28 Å². The van der Waals surface area contributed by atoms with E-state index in [1.807, 2.05) is 7.05 Å². The Labute approximate surface area is 116 Å². The molecular formula is C13H14ClN5. The summed E-state index contributed by atoms with van der Waals surface area (Å²) in [7, 11) is 1.85. The summed E-state index contributed by atoms with van der Waals surface area (Å²) in [6, 6.07) is 2.61. The molecule has 0 aliphatic heterocycles. The number of nitriles is 1. The lowest BCUT2D eigenvalue weighted by atomic mass is 10.2. The zero-order valence-corrected chi connectivity index (χ0v) is 11.4. The third-order valence-corrected chi connectivity index (χ3v) is 3.77. The summed E-state index contributed by atoms with van der Waals surface area (Å²) in [4.78, 5) is 8.47. The minimum absolute atomic E-state index is 0.207. The van der Waals surface area contributed by atoms with Crippen molar-refractivity contribution in [2.24, 2.45) is 7.05 Å². The summed E-state index contributed by atoms with van der Waals surface area (Å²) in [6.07, 6.45) is 6.50. The van der Waals surface area contributed by atoms with Gasteiger partial charge in [-0.05, 0) is 24.4 Å². The van der Waals surface area contributed by atoms with Gasteiger partial charge < -0.3 is 9.88 Å². The number of hydrogen-bond acceptors (Lipinski definition) is 4. The summed E-state index contributed by atoms with van der Waals surface area (Å²) in [5.41, 5.74) is 1.27. The molecule has 1 fully saturated rings. The average molecular weight is 276 g/mol. The number of rotatable bonds is 2. The Hall–Kier alpha value is -1.80. The maximum atomic E-state index is 9.22. The average Bonchev–Trinajstić information content (AvgIpc) is 2.98. The van der Waals surface area contributed by atoms with E-state index in [0.717, 1.165) is 18.2 Å². The van der Waals surface area contributed by atoms with Crippen LogP contribution in [0.25, 0.3) is 11.0 Å². The van der Waals surface area contributed by atoms with Crippen molar-refractivity contribution in [3.63, 3.8) is 0 Å². The largest absolute Gasteiger partial charge is 0.367 e. The smallest absolute Gasteiger partial charge is 0.226 e. The normalized spacial score (nSPS) is 15.8. The molecule has 0 spiro atoms. The first kappa shape index (κ1) is 12.2. The lowest BCUT2D eigenvalue weighted by Crippen LogP contribution is -2.16. The van der Waals surface area contributed by atoms with Crippen LogP contribution in [0.3, 0.4) is 0 Å². The van der Waals surface area contributed by atoms with Crippen LogP contribution >= 0.6 is 11.6 Å². The number of hydrogen-bond donors (Lipinski definition) is 1. The fourth-order valence-corrected chi connectivity index (χ4v) is 2.86. The van der Waals surface area contributed by atoms with Gasteiger partial charge in [-0.1, -0.05) is 12.8 Å². The summed E-state index contributed by atoms with van der Waals surface area (Å²) in [6.45, 7) is 0. The van der Waals surface area contributed by atoms with Crippen molar-refractivity contribution in [2.45, 2.75) is 31.7 Å². The van der Waals surface area contributed by atoms with Crippen LogP contribution < -0.4 is 5.32 Å². The standard InChI is InChI=1S/C13H14ClN5/c1-19-7-8(6-15)10-11(16-9-4-2-3-5-9)17-13(14)18-12(10)19/h7,9H,2-5H2,1H3,(H,16,17,18). The number of halogens is 1. The molecule has 0 radical (unpaired) electrons. The molecule has 1 saturated carbocycles. The van der Waals surface area contributed by atoms with Crippen LogP contribution in [0.2, 0.25) is 5.28 Å².